The zero-order chi connectivity index (χ0) is 14.7. The van der Waals surface area contributed by atoms with Crippen LogP contribution in [0.1, 0.15) is 5.69 Å². The van der Waals surface area contributed by atoms with Crippen molar-refractivity contribution < 1.29 is 4.92 Å². The summed E-state index contributed by atoms with van der Waals surface area (Å²) < 4.78 is 1.95. The molecule has 0 radical (unpaired) electrons. The van der Waals surface area contributed by atoms with Gasteiger partial charge in [-0.3, -0.25) is 10.1 Å². The maximum absolute atomic E-state index is 10.9. The molecule has 7 heteroatoms. The number of anilines is 2. The summed E-state index contributed by atoms with van der Waals surface area (Å²) in [5, 5.41) is 14.0. The van der Waals surface area contributed by atoms with E-state index < -0.39 is 4.92 Å². The molecule has 0 amide bonds. The molecule has 106 valence electrons. The highest BCUT2D eigenvalue weighted by Gasteiger charge is 2.13. The van der Waals surface area contributed by atoms with Gasteiger partial charge in [-0.2, -0.15) is 0 Å². The molecule has 0 unspecified atom stereocenters. The van der Waals surface area contributed by atoms with Crippen LogP contribution in [0, 0.1) is 10.1 Å². The number of nitro groups is 1. The van der Waals surface area contributed by atoms with E-state index in [1.807, 2.05) is 30.6 Å². The van der Waals surface area contributed by atoms with Crippen molar-refractivity contribution in [1.29, 1.82) is 0 Å². The van der Waals surface area contributed by atoms with E-state index >= 15 is 0 Å². The van der Waals surface area contributed by atoms with Crippen molar-refractivity contribution in [3.05, 3.63) is 46.3 Å². The lowest BCUT2D eigenvalue weighted by atomic mass is 10.2. The Hall–Kier alpha value is -2.57. The Kier molecular flexibility index (Phi) is 3.88. The van der Waals surface area contributed by atoms with E-state index in [4.69, 9.17) is 0 Å². The van der Waals surface area contributed by atoms with Crippen LogP contribution in [0.5, 0.6) is 0 Å². The molecule has 0 saturated heterocycles. The van der Waals surface area contributed by atoms with E-state index in [9.17, 15) is 10.1 Å². The minimum atomic E-state index is -0.392. The smallest absolute Gasteiger partial charge is 0.292 e. The molecule has 1 N–H and O–H groups in total. The monoisotopic (exact) mass is 275 g/mol. The number of benzene rings is 1. The third kappa shape index (κ3) is 2.71. The van der Waals surface area contributed by atoms with Crippen LogP contribution in [0.4, 0.5) is 17.3 Å². The number of para-hydroxylation sites is 2. The van der Waals surface area contributed by atoms with Crippen molar-refractivity contribution >= 4 is 17.3 Å². The molecule has 7 nitrogen and oxygen atoms in total. The Balaban J connectivity index is 2.15. The van der Waals surface area contributed by atoms with Gasteiger partial charge >= 0.3 is 0 Å². The number of rotatable bonds is 5. The molecule has 0 aliphatic rings. The summed E-state index contributed by atoms with van der Waals surface area (Å²) in [4.78, 5) is 16.8. The molecule has 0 atom stereocenters. The number of nitrogens with one attached hydrogen (secondary N) is 1. The molecule has 20 heavy (non-hydrogen) atoms. The number of aromatic nitrogens is 2. The molecule has 1 aromatic carbocycles. The fraction of sp³-hybridized carbons (Fsp3) is 0.308. The van der Waals surface area contributed by atoms with Gasteiger partial charge in [0.15, 0.2) is 0 Å². The maximum Gasteiger partial charge on any atom is 0.292 e. The second-order valence-corrected chi connectivity index (χ2v) is 4.63. The molecule has 0 aliphatic carbocycles. The minimum Gasteiger partial charge on any atom is -0.374 e. The van der Waals surface area contributed by atoms with Crippen LogP contribution >= 0.6 is 0 Å². The van der Waals surface area contributed by atoms with Crippen molar-refractivity contribution in [2.45, 2.75) is 6.54 Å². The Bertz CT molecular complexity index is 621. The van der Waals surface area contributed by atoms with Crippen molar-refractivity contribution in [3.8, 4) is 0 Å². The lowest BCUT2D eigenvalue weighted by Gasteiger charge is -2.13. The third-order valence-corrected chi connectivity index (χ3v) is 3.02. The van der Waals surface area contributed by atoms with Crippen LogP contribution in [0.3, 0.4) is 0 Å². The maximum atomic E-state index is 10.9. The standard InChI is InChI=1S/C13H17N5O2/c1-16(2)13-15-9-10(17(13)3)8-14-11-6-4-5-7-12(11)18(19)20/h4-7,9,14H,8H2,1-3H3. The molecule has 0 spiro atoms. The van der Waals surface area contributed by atoms with Gasteiger partial charge in [0.25, 0.3) is 5.69 Å². The van der Waals surface area contributed by atoms with E-state index in [1.165, 1.54) is 6.07 Å². The number of nitro benzene ring substituents is 1. The summed E-state index contributed by atoms with van der Waals surface area (Å²) in [6.07, 6.45) is 1.76. The molecule has 1 heterocycles. The first-order valence-corrected chi connectivity index (χ1v) is 6.16. The van der Waals surface area contributed by atoms with E-state index in [2.05, 4.69) is 10.3 Å². The Morgan fingerprint density at radius 2 is 2.10 bits per heavy atom. The van der Waals surface area contributed by atoms with Gasteiger partial charge in [-0.1, -0.05) is 12.1 Å². The quantitative estimate of drug-likeness (QED) is 0.667. The first kappa shape index (κ1) is 13.9. The predicted molar refractivity (Wildman–Crippen MR) is 78.0 cm³/mol. The van der Waals surface area contributed by atoms with Crippen LogP contribution in [-0.4, -0.2) is 28.6 Å². The zero-order valence-corrected chi connectivity index (χ0v) is 11.7. The number of hydrogen-bond donors (Lipinski definition) is 1. The normalized spacial score (nSPS) is 10.3. The molecule has 2 aromatic rings. The van der Waals surface area contributed by atoms with Crippen LogP contribution in [0.15, 0.2) is 30.5 Å². The van der Waals surface area contributed by atoms with Crippen LogP contribution in [0.25, 0.3) is 0 Å². The highest BCUT2D eigenvalue weighted by atomic mass is 16.6. The minimum absolute atomic E-state index is 0.0718. The van der Waals surface area contributed by atoms with Gasteiger partial charge in [-0.15, -0.1) is 0 Å². The zero-order valence-electron chi connectivity index (χ0n) is 11.7. The summed E-state index contributed by atoms with van der Waals surface area (Å²) in [6.45, 7) is 0.474. The van der Waals surface area contributed by atoms with Crippen molar-refractivity contribution in [2.75, 3.05) is 24.3 Å². The second-order valence-electron chi connectivity index (χ2n) is 4.63. The largest absolute Gasteiger partial charge is 0.374 e. The summed E-state index contributed by atoms with van der Waals surface area (Å²) in [5.74, 6) is 0.837. The molecule has 0 fully saturated rings. The summed E-state index contributed by atoms with van der Waals surface area (Å²) >= 11 is 0. The highest BCUT2D eigenvalue weighted by Crippen LogP contribution is 2.24. The van der Waals surface area contributed by atoms with E-state index in [0.717, 1.165) is 11.6 Å². The molecule has 1 aromatic heterocycles. The Morgan fingerprint density at radius 3 is 2.70 bits per heavy atom. The SMILES string of the molecule is CN(C)c1ncc(CNc2ccccc2[N+](=O)[O-])n1C. The van der Waals surface area contributed by atoms with Gasteiger partial charge in [-0.05, 0) is 6.07 Å². The first-order chi connectivity index (χ1) is 9.50. The number of hydrogen-bond acceptors (Lipinski definition) is 5. The summed E-state index contributed by atoms with van der Waals surface area (Å²) in [7, 11) is 5.75. The van der Waals surface area contributed by atoms with Gasteiger partial charge < -0.3 is 14.8 Å². The van der Waals surface area contributed by atoms with Crippen molar-refractivity contribution in [1.82, 2.24) is 9.55 Å². The van der Waals surface area contributed by atoms with Gasteiger partial charge in [0.2, 0.25) is 5.95 Å². The molecule has 2 rings (SSSR count). The fourth-order valence-electron chi connectivity index (χ4n) is 1.98. The first-order valence-electron chi connectivity index (χ1n) is 6.16. The lowest BCUT2D eigenvalue weighted by Crippen LogP contribution is -2.15. The number of imidazole rings is 1. The second kappa shape index (κ2) is 5.60. The average Bonchev–Trinajstić information content (AvgIpc) is 2.78. The third-order valence-electron chi connectivity index (χ3n) is 3.02. The van der Waals surface area contributed by atoms with Crippen molar-refractivity contribution in [2.24, 2.45) is 7.05 Å². The molecule has 0 bridgehead atoms. The Morgan fingerprint density at radius 1 is 1.40 bits per heavy atom. The van der Waals surface area contributed by atoms with Gasteiger partial charge in [0.05, 0.1) is 23.4 Å². The molecule has 0 aliphatic heterocycles. The van der Waals surface area contributed by atoms with E-state index in [0.29, 0.717) is 12.2 Å². The molecular weight excluding hydrogens is 258 g/mol. The summed E-state index contributed by atoms with van der Waals surface area (Å²) in [5.41, 5.74) is 1.53. The Labute approximate surface area is 117 Å². The molecular formula is C13H17N5O2. The predicted octanol–water partition coefficient (Wildman–Crippen LogP) is 2.01. The van der Waals surface area contributed by atoms with Crippen molar-refractivity contribution in [3.63, 3.8) is 0 Å². The number of nitrogens with zero attached hydrogens (tertiary/aromatic N) is 4. The van der Waals surface area contributed by atoms with Gasteiger partial charge in [0, 0.05) is 27.2 Å². The van der Waals surface area contributed by atoms with Crippen LogP contribution in [0.2, 0.25) is 0 Å². The molecule has 0 saturated carbocycles. The fourth-order valence-corrected chi connectivity index (χ4v) is 1.98. The topological polar surface area (TPSA) is 76.2 Å². The lowest BCUT2D eigenvalue weighted by molar-refractivity contribution is -0.384. The van der Waals surface area contributed by atoms with Gasteiger partial charge in [-0.25, -0.2) is 4.98 Å². The van der Waals surface area contributed by atoms with E-state index in [1.54, 1.807) is 24.4 Å². The van der Waals surface area contributed by atoms with Gasteiger partial charge in [0.1, 0.15) is 5.69 Å². The highest BCUT2D eigenvalue weighted by molar-refractivity contribution is 5.61. The average molecular weight is 275 g/mol. The van der Waals surface area contributed by atoms with Crippen LogP contribution < -0.4 is 10.2 Å². The summed E-state index contributed by atoms with van der Waals surface area (Å²) in [6, 6.07) is 6.60. The van der Waals surface area contributed by atoms with E-state index in [-0.39, 0.29) is 5.69 Å². The van der Waals surface area contributed by atoms with Crippen LogP contribution in [-0.2, 0) is 13.6 Å².